The van der Waals surface area contributed by atoms with Gasteiger partial charge in [-0.1, -0.05) is 12.1 Å². The quantitative estimate of drug-likeness (QED) is 0.778. The van der Waals surface area contributed by atoms with Gasteiger partial charge in [-0.3, -0.25) is 14.9 Å². The fraction of sp³-hybridized carbons (Fsp3) is 0.278. The Morgan fingerprint density at radius 3 is 2.85 bits per heavy atom. The molecule has 0 radical (unpaired) electrons. The third kappa shape index (κ3) is 3.48. The average molecular weight is 369 g/mol. The second-order valence-electron chi connectivity index (χ2n) is 6.50. The lowest BCUT2D eigenvalue weighted by Crippen LogP contribution is -2.41. The number of hydrogen-bond acceptors (Lipinski definition) is 5. The summed E-state index contributed by atoms with van der Waals surface area (Å²) >= 11 is 0. The molecule has 9 heteroatoms. The fourth-order valence-electron chi connectivity index (χ4n) is 3.24. The second kappa shape index (κ2) is 6.75. The number of benzene rings is 1. The smallest absolute Gasteiger partial charge is 0.322 e. The van der Waals surface area contributed by atoms with E-state index in [1.165, 1.54) is 12.1 Å². The Balaban J connectivity index is 1.50. The number of rotatable bonds is 3. The van der Waals surface area contributed by atoms with Crippen molar-refractivity contribution in [2.45, 2.75) is 25.4 Å². The van der Waals surface area contributed by atoms with E-state index < -0.39 is 18.0 Å². The van der Waals surface area contributed by atoms with Crippen molar-refractivity contribution in [2.24, 2.45) is 0 Å². The number of nitrogens with zero attached hydrogens (tertiary/aromatic N) is 3. The predicted octanol–water partition coefficient (Wildman–Crippen LogP) is 0.766. The molecule has 0 saturated carbocycles. The monoisotopic (exact) mass is 369 g/mol. The molecule has 0 spiro atoms. The number of amides is 4. The molecule has 0 bridgehead atoms. The lowest BCUT2D eigenvalue weighted by Gasteiger charge is -2.28. The molecule has 1 aromatic heterocycles. The molecule has 4 rings (SSSR count). The van der Waals surface area contributed by atoms with Crippen LogP contribution in [0.15, 0.2) is 30.3 Å². The van der Waals surface area contributed by atoms with Crippen LogP contribution in [0.4, 0.5) is 9.18 Å². The Bertz CT molecular complexity index is 948. The van der Waals surface area contributed by atoms with E-state index in [2.05, 4.69) is 20.8 Å². The maximum atomic E-state index is 13.4. The van der Waals surface area contributed by atoms with Crippen LogP contribution in [0, 0.1) is 5.82 Å². The molecule has 3 heterocycles. The van der Waals surface area contributed by atoms with E-state index in [4.69, 9.17) is 0 Å². The molecule has 0 unspecified atom stereocenters. The molecule has 2 aliphatic heterocycles. The molecule has 4 amide bonds. The number of nitrogens with one attached hydrogen (secondary N) is 2. The van der Waals surface area contributed by atoms with Crippen LogP contribution < -0.4 is 10.6 Å². The topological polar surface area (TPSA) is 104 Å². The first-order chi connectivity index (χ1) is 13.0. The standard InChI is InChI=1S/C18H16FN5O3/c19-12-3-1-2-10(6-12)14-7-11-9-24(5-4-13(11)22-23-14)16(25)8-15-17(26)21-18(27)20-15/h1-3,6-7,15H,4-5,8-9H2,(H2,20,21,26,27)/t15-/m0/s1. The van der Waals surface area contributed by atoms with Gasteiger partial charge in [-0.05, 0) is 23.8 Å². The fourth-order valence-corrected chi connectivity index (χ4v) is 3.24. The van der Waals surface area contributed by atoms with Crippen molar-refractivity contribution < 1.29 is 18.8 Å². The number of fused-ring (bicyclic) bond motifs is 1. The zero-order valence-corrected chi connectivity index (χ0v) is 14.2. The maximum absolute atomic E-state index is 13.4. The van der Waals surface area contributed by atoms with Crippen LogP contribution in [0.25, 0.3) is 11.3 Å². The summed E-state index contributed by atoms with van der Waals surface area (Å²) in [6.45, 7) is 0.788. The van der Waals surface area contributed by atoms with Crippen LogP contribution in [-0.4, -0.2) is 45.5 Å². The molecular weight excluding hydrogens is 353 g/mol. The van der Waals surface area contributed by atoms with Gasteiger partial charge in [0.05, 0.1) is 17.8 Å². The Morgan fingerprint density at radius 2 is 2.11 bits per heavy atom. The SMILES string of the molecule is O=C1NC(=O)[C@H](CC(=O)N2CCc3nnc(-c4cccc(F)c4)cc3C2)N1. The second-order valence-corrected chi connectivity index (χ2v) is 6.50. The summed E-state index contributed by atoms with van der Waals surface area (Å²) < 4.78 is 13.4. The van der Waals surface area contributed by atoms with E-state index in [1.54, 1.807) is 23.1 Å². The van der Waals surface area contributed by atoms with E-state index in [9.17, 15) is 18.8 Å². The first-order valence-electron chi connectivity index (χ1n) is 8.50. The van der Waals surface area contributed by atoms with Gasteiger partial charge in [0.25, 0.3) is 5.91 Å². The minimum absolute atomic E-state index is 0.0951. The summed E-state index contributed by atoms with van der Waals surface area (Å²) in [5.74, 6) is -1.09. The molecule has 1 fully saturated rings. The van der Waals surface area contributed by atoms with Crippen LogP contribution >= 0.6 is 0 Å². The molecule has 0 aliphatic carbocycles. The van der Waals surface area contributed by atoms with E-state index in [-0.39, 0.29) is 18.1 Å². The van der Waals surface area contributed by atoms with Crippen LogP contribution in [0.3, 0.4) is 0 Å². The number of carbonyl (C=O) groups is 3. The molecular formula is C18H16FN5O3. The number of urea groups is 1. The third-order valence-corrected chi connectivity index (χ3v) is 4.65. The van der Waals surface area contributed by atoms with Crippen LogP contribution in [-0.2, 0) is 22.6 Å². The van der Waals surface area contributed by atoms with Crippen molar-refractivity contribution >= 4 is 17.8 Å². The first-order valence-corrected chi connectivity index (χ1v) is 8.50. The summed E-state index contributed by atoms with van der Waals surface area (Å²) in [6, 6.07) is 6.45. The summed E-state index contributed by atoms with van der Waals surface area (Å²) in [5, 5.41) is 12.9. The Labute approximate surface area is 153 Å². The highest BCUT2D eigenvalue weighted by Crippen LogP contribution is 2.23. The Kier molecular flexibility index (Phi) is 4.27. The van der Waals surface area contributed by atoms with Crippen molar-refractivity contribution in [2.75, 3.05) is 6.54 Å². The molecule has 27 heavy (non-hydrogen) atoms. The van der Waals surface area contributed by atoms with Crippen molar-refractivity contribution in [3.8, 4) is 11.3 Å². The van der Waals surface area contributed by atoms with E-state index in [1.807, 2.05) is 0 Å². The Hall–Kier alpha value is -3.36. The minimum atomic E-state index is -0.843. The molecule has 138 valence electrons. The number of aromatic nitrogens is 2. The molecule has 1 aromatic carbocycles. The summed E-state index contributed by atoms with van der Waals surface area (Å²) in [7, 11) is 0. The zero-order valence-electron chi connectivity index (χ0n) is 14.2. The first kappa shape index (κ1) is 17.1. The summed E-state index contributed by atoms with van der Waals surface area (Å²) in [6.07, 6.45) is 0.447. The van der Waals surface area contributed by atoms with E-state index in [0.29, 0.717) is 30.8 Å². The Morgan fingerprint density at radius 1 is 1.26 bits per heavy atom. The van der Waals surface area contributed by atoms with Gasteiger partial charge < -0.3 is 10.2 Å². The number of carbonyl (C=O) groups excluding carboxylic acids is 3. The number of halogens is 1. The van der Waals surface area contributed by atoms with Crippen LogP contribution in [0.1, 0.15) is 17.7 Å². The van der Waals surface area contributed by atoms with Gasteiger partial charge >= 0.3 is 6.03 Å². The molecule has 8 nitrogen and oxygen atoms in total. The van der Waals surface area contributed by atoms with Gasteiger partial charge in [-0.15, -0.1) is 0 Å². The van der Waals surface area contributed by atoms with Crippen molar-refractivity contribution in [3.63, 3.8) is 0 Å². The predicted molar refractivity (Wildman–Crippen MR) is 91.6 cm³/mol. The molecule has 1 saturated heterocycles. The van der Waals surface area contributed by atoms with Gasteiger partial charge in [0.2, 0.25) is 5.91 Å². The third-order valence-electron chi connectivity index (χ3n) is 4.65. The van der Waals surface area contributed by atoms with Gasteiger partial charge in [0.15, 0.2) is 0 Å². The van der Waals surface area contributed by atoms with Crippen molar-refractivity contribution in [1.82, 2.24) is 25.7 Å². The highest BCUT2D eigenvalue weighted by molar-refractivity contribution is 6.05. The maximum Gasteiger partial charge on any atom is 0.322 e. The lowest BCUT2D eigenvalue weighted by atomic mass is 10.0. The normalized spacial score (nSPS) is 18.7. The highest BCUT2D eigenvalue weighted by atomic mass is 19.1. The van der Waals surface area contributed by atoms with Crippen LogP contribution in [0.5, 0.6) is 0 Å². The van der Waals surface area contributed by atoms with Gasteiger partial charge in [-0.2, -0.15) is 10.2 Å². The summed E-state index contributed by atoms with van der Waals surface area (Å²) in [5.41, 5.74) is 2.78. The van der Waals surface area contributed by atoms with Crippen molar-refractivity contribution in [1.29, 1.82) is 0 Å². The van der Waals surface area contributed by atoms with Crippen LogP contribution in [0.2, 0.25) is 0 Å². The van der Waals surface area contributed by atoms with E-state index >= 15 is 0 Å². The van der Waals surface area contributed by atoms with Gasteiger partial charge in [0, 0.05) is 25.1 Å². The highest BCUT2D eigenvalue weighted by Gasteiger charge is 2.33. The van der Waals surface area contributed by atoms with E-state index in [0.717, 1.165) is 11.3 Å². The molecule has 1 atom stereocenters. The minimum Gasteiger partial charge on any atom is -0.338 e. The average Bonchev–Trinajstić information content (AvgIpc) is 2.97. The molecule has 2 N–H and O–H groups in total. The molecule has 2 aromatic rings. The number of hydrogen-bond donors (Lipinski definition) is 2. The van der Waals surface area contributed by atoms with Crippen molar-refractivity contribution in [3.05, 3.63) is 47.4 Å². The zero-order chi connectivity index (χ0) is 19.0. The van der Waals surface area contributed by atoms with Gasteiger partial charge in [-0.25, -0.2) is 9.18 Å². The number of imide groups is 1. The summed E-state index contributed by atoms with van der Waals surface area (Å²) in [4.78, 5) is 36.9. The molecule has 2 aliphatic rings. The van der Waals surface area contributed by atoms with Gasteiger partial charge in [0.1, 0.15) is 11.9 Å². The largest absolute Gasteiger partial charge is 0.338 e. The lowest BCUT2D eigenvalue weighted by molar-refractivity contribution is -0.134.